The van der Waals surface area contributed by atoms with E-state index in [0.29, 0.717) is 28.7 Å². The number of carbonyl (C=O) groups excluding carboxylic acids is 1. The molecule has 2 aliphatic rings. The quantitative estimate of drug-likeness (QED) is 0.260. The molecule has 44 heavy (non-hydrogen) atoms. The number of rotatable bonds is 5. The molecule has 9 nitrogen and oxygen atoms in total. The Morgan fingerprint density at radius 1 is 1.09 bits per heavy atom. The number of hydrogen-bond acceptors (Lipinski definition) is 6. The minimum Gasteiger partial charge on any atom is -0.474 e. The number of carbonyl (C=O) groups is 1. The predicted octanol–water partition coefficient (Wildman–Crippen LogP) is 5.98. The van der Waals surface area contributed by atoms with Gasteiger partial charge in [-0.1, -0.05) is 22.9 Å². The van der Waals surface area contributed by atoms with Gasteiger partial charge in [-0.25, -0.2) is 19.2 Å². The highest BCUT2D eigenvalue weighted by Crippen LogP contribution is 2.36. The number of amides is 1. The average molecular weight is 672 g/mol. The van der Waals surface area contributed by atoms with Gasteiger partial charge in [0.2, 0.25) is 11.8 Å². The Morgan fingerprint density at radius 3 is 2.45 bits per heavy atom. The van der Waals surface area contributed by atoms with Gasteiger partial charge in [0.05, 0.1) is 35.4 Å². The number of halogens is 4. The van der Waals surface area contributed by atoms with Crippen molar-refractivity contribution in [3.05, 3.63) is 91.2 Å². The smallest absolute Gasteiger partial charge is 0.417 e. The van der Waals surface area contributed by atoms with Crippen molar-refractivity contribution < 1.29 is 22.7 Å². The Morgan fingerprint density at radius 2 is 1.84 bits per heavy atom. The summed E-state index contributed by atoms with van der Waals surface area (Å²) in [4.78, 5) is 38.5. The third kappa shape index (κ3) is 5.53. The normalized spacial score (nSPS) is 19.8. The van der Waals surface area contributed by atoms with E-state index in [4.69, 9.17) is 9.72 Å². The second kappa shape index (κ2) is 11.2. The van der Waals surface area contributed by atoms with E-state index >= 15 is 0 Å². The van der Waals surface area contributed by atoms with Gasteiger partial charge in [-0.15, -0.1) is 0 Å². The fraction of sp³-hybridized carbons (Fsp3) is 0.387. The highest BCUT2D eigenvalue weighted by atomic mass is 79.9. The van der Waals surface area contributed by atoms with Crippen molar-refractivity contribution in [3.8, 4) is 17.5 Å². The average Bonchev–Trinajstić information content (AvgIpc) is 3.29. The number of alkyl halides is 3. The van der Waals surface area contributed by atoms with E-state index in [1.54, 1.807) is 29.9 Å². The minimum absolute atomic E-state index is 0.0556. The second-order valence-electron chi connectivity index (χ2n) is 11.7. The van der Waals surface area contributed by atoms with Gasteiger partial charge in [0, 0.05) is 33.4 Å². The van der Waals surface area contributed by atoms with Crippen LogP contribution in [0.4, 0.5) is 13.2 Å². The Bertz CT molecular complexity index is 1810. The van der Waals surface area contributed by atoms with Gasteiger partial charge in [-0.3, -0.25) is 9.59 Å². The van der Waals surface area contributed by atoms with Gasteiger partial charge in [-0.2, -0.15) is 18.3 Å². The molecule has 0 saturated heterocycles. The standard InChI is InChI=1S/C31H30BrF3N6O3/c1-16-9-22(10-16)44-27-8-6-21(14-36-27)40-29(43)23-12-18(3)39(15-26(23)37-30(40)41-19(4)11-17(2)38-41)28(42)20-5-7-25(32)24(13-20)31(33,34)35/h5-8,11,13-14,16,18,22H,9-10,12,15H2,1-4H3/t16-,18-,22+/m1/s1. The molecule has 0 spiro atoms. The Hall–Kier alpha value is -4.00. The number of benzene rings is 1. The van der Waals surface area contributed by atoms with Crippen molar-refractivity contribution in [2.75, 3.05) is 0 Å². The van der Waals surface area contributed by atoms with Crippen LogP contribution in [0.1, 0.15) is 65.3 Å². The van der Waals surface area contributed by atoms with Crippen molar-refractivity contribution >= 4 is 21.8 Å². The molecule has 230 valence electrons. The molecule has 1 fully saturated rings. The van der Waals surface area contributed by atoms with Crippen LogP contribution in [-0.2, 0) is 19.1 Å². The molecule has 0 unspecified atom stereocenters. The van der Waals surface area contributed by atoms with E-state index < -0.39 is 23.7 Å². The molecule has 1 aliphatic heterocycles. The van der Waals surface area contributed by atoms with Gasteiger partial charge in [-0.05, 0) is 76.3 Å². The number of ether oxygens (including phenoxy) is 1. The van der Waals surface area contributed by atoms with Crippen LogP contribution in [0.3, 0.4) is 0 Å². The highest BCUT2D eigenvalue weighted by molar-refractivity contribution is 9.10. The molecular formula is C31H30BrF3N6O3. The fourth-order valence-electron chi connectivity index (χ4n) is 5.84. The van der Waals surface area contributed by atoms with E-state index in [0.717, 1.165) is 30.3 Å². The number of fused-ring (bicyclic) bond motifs is 1. The Labute approximate surface area is 259 Å². The zero-order valence-electron chi connectivity index (χ0n) is 24.5. The first-order chi connectivity index (χ1) is 20.8. The SMILES string of the molecule is Cc1cc(C)n(-c2nc3c(c(=O)n2-c2ccc(O[C@H]4C[C@@H](C)C4)nc2)C[C@@H](C)N(C(=O)c2ccc(Br)c(C(F)(F)F)c2)C3)n1. The molecule has 4 heterocycles. The van der Waals surface area contributed by atoms with Gasteiger partial charge in [0.1, 0.15) is 6.10 Å². The van der Waals surface area contributed by atoms with Gasteiger partial charge >= 0.3 is 6.18 Å². The van der Waals surface area contributed by atoms with E-state index in [2.05, 4.69) is 32.9 Å². The first-order valence-corrected chi connectivity index (χ1v) is 15.1. The van der Waals surface area contributed by atoms with Crippen LogP contribution < -0.4 is 10.3 Å². The van der Waals surface area contributed by atoms with Crippen LogP contribution in [0, 0.1) is 19.8 Å². The topological polar surface area (TPSA) is 95.1 Å². The summed E-state index contributed by atoms with van der Waals surface area (Å²) in [6.07, 6.45) is -0.819. The lowest BCUT2D eigenvalue weighted by molar-refractivity contribution is -0.138. The van der Waals surface area contributed by atoms with E-state index in [1.165, 1.54) is 21.6 Å². The van der Waals surface area contributed by atoms with Crippen LogP contribution >= 0.6 is 15.9 Å². The molecule has 1 aliphatic carbocycles. The summed E-state index contributed by atoms with van der Waals surface area (Å²) in [5, 5.41) is 4.55. The van der Waals surface area contributed by atoms with Crippen molar-refractivity contribution in [2.45, 2.75) is 71.8 Å². The lowest BCUT2D eigenvalue weighted by Gasteiger charge is -2.34. The third-order valence-electron chi connectivity index (χ3n) is 8.17. The molecule has 6 rings (SSSR count). The fourth-order valence-corrected chi connectivity index (χ4v) is 6.31. The van der Waals surface area contributed by atoms with E-state index in [1.807, 2.05) is 19.9 Å². The largest absolute Gasteiger partial charge is 0.474 e. The monoisotopic (exact) mass is 670 g/mol. The highest BCUT2D eigenvalue weighted by Gasteiger charge is 2.36. The summed E-state index contributed by atoms with van der Waals surface area (Å²) in [6.45, 7) is 7.55. The summed E-state index contributed by atoms with van der Waals surface area (Å²) in [5.74, 6) is 0.735. The molecular weight excluding hydrogens is 641 g/mol. The maximum Gasteiger partial charge on any atom is 0.417 e. The molecule has 0 N–H and O–H groups in total. The Balaban J connectivity index is 1.39. The van der Waals surface area contributed by atoms with Crippen LogP contribution in [0.2, 0.25) is 0 Å². The molecule has 0 bridgehead atoms. The van der Waals surface area contributed by atoms with Gasteiger partial charge in [0.15, 0.2) is 0 Å². The summed E-state index contributed by atoms with van der Waals surface area (Å²) in [6, 6.07) is 8.26. The molecule has 1 saturated carbocycles. The lowest BCUT2D eigenvalue weighted by Crippen LogP contribution is -2.46. The number of pyridine rings is 1. The zero-order chi connectivity index (χ0) is 31.5. The number of hydrogen-bond donors (Lipinski definition) is 0. The molecule has 13 heteroatoms. The van der Waals surface area contributed by atoms with Gasteiger partial charge in [0.25, 0.3) is 11.5 Å². The first-order valence-electron chi connectivity index (χ1n) is 14.3. The first kappa shape index (κ1) is 30.0. The summed E-state index contributed by atoms with van der Waals surface area (Å²) in [5.41, 5.74) is 1.34. The number of aryl methyl sites for hydroxylation is 2. The number of nitrogens with zero attached hydrogens (tertiary/aromatic N) is 6. The van der Waals surface area contributed by atoms with Gasteiger partial charge < -0.3 is 9.64 Å². The van der Waals surface area contributed by atoms with E-state index in [9.17, 15) is 22.8 Å². The molecule has 1 aromatic carbocycles. The summed E-state index contributed by atoms with van der Waals surface area (Å²) in [7, 11) is 0. The second-order valence-corrected chi connectivity index (χ2v) is 12.5. The van der Waals surface area contributed by atoms with Crippen LogP contribution in [0.5, 0.6) is 5.88 Å². The summed E-state index contributed by atoms with van der Waals surface area (Å²) >= 11 is 2.93. The van der Waals surface area contributed by atoms with Crippen LogP contribution in [0.15, 0.2) is 51.9 Å². The predicted molar refractivity (Wildman–Crippen MR) is 159 cm³/mol. The zero-order valence-corrected chi connectivity index (χ0v) is 26.1. The van der Waals surface area contributed by atoms with Crippen LogP contribution in [0.25, 0.3) is 11.6 Å². The minimum atomic E-state index is -4.63. The maximum atomic E-state index is 14.2. The molecule has 1 amide bonds. The van der Waals surface area contributed by atoms with Crippen molar-refractivity contribution in [3.63, 3.8) is 0 Å². The van der Waals surface area contributed by atoms with E-state index in [-0.39, 0.29) is 40.6 Å². The van der Waals surface area contributed by atoms with Crippen LogP contribution in [-0.4, -0.2) is 47.3 Å². The molecule has 0 radical (unpaired) electrons. The maximum absolute atomic E-state index is 14.2. The summed E-state index contributed by atoms with van der Waals surface area (Å²) < 4.78 is 49.5. The van der Waals surface area contributed by atoms with Crippen molar-refractivity contribution in [1.82, 2.24) is 29.2 Å². The van der Waals surface area contributed by atoms with Crippen molar-refractivity contribution in [1.29, 1.82) is 0 Å². The number of aromatic nitrogens is 5. The van der Waals surface area contributed by atoms with Crippen molar-refractivity contribution in [2.24, 2.45) is 5.92 Å². The molecule has 3 aromatic heterocycles. The lowest BCUT2D eigenvalue weighted by atomic mass is 9.84. The third-order valence-corrected chi connectivity index (χ3v) is 8.86. The molecule has 1 atom stereocenters. The molecule has 4 aromatic rings. The Kier molecular flexibility index (Phi) is 7.63.